The summed E-state index contributed by atoms with van der Waals surface area (Å²) in [6, 6.07) is 13.9. The predicted molar refractivity (Wildman–Crippen MR) is 83.8 cm³/mol. The normalized spacial score (nSPS) is 19.6. The predicted octanol–water partition coefficient (Wildman–Crippen LogP) is 0.141. The second-order valence-corrected chi connectivity index (χ2v) is 10.8. The van der Waals surface area contributed by atoms with E-state index in [9.17, 15) is 0 Å². The first-order chi connectivity index (χ1) is 9.11. The molecule has 0 amide bonds. The Bertz CT molecular complexity index is 385. The fourth-order valence-electron chi connectivity index (χ4n) is 3.05. The van der Waals surface area contributed by atoms with Crippen molar-refractivity contribution in [1.82, 2.24) is 4.90 Å². The molecule has 0 radical (unpaired) electrons. The Hall–Kier alpha value is -0.176. The van der Waals surface area contributed by atoms with Gasteiger partial charge in [0, 0.05) is 21.2 Å². The monoisotopic (exact) mass is 283 g/mol. The Balaban J connectivity index is 0.00000200. The van der Waals surface area contributed by atoms with E-state index in [2.05, 4.69) is 54.4 Å². The second-order valence-electron chi connectivity index (χ2n) is 6.27. The van der Waals surface area contributed by atoms with Crippen LogP contribution in [0, 0.1) is 6.04 Å². The number of hydrogen-bond donors (Lipinski definition) is 0. The van der Waals surface area contributed by atoms with Crippen LogP contribution in [0.5, 0.6) is 0 Å². The molecule has 0 aliphatic carbocycles. The molecule has 0 spiro atoms. The molecule has 1 aliphatic rings. The van der Waals surface area contributed by atoms with Crippen LogP contribution in [0.2, 0.25) is 13.1 Å². The maximum absolute atomic E-state index is 5.35. The summed E-state index contributed by atoms with van der Waals surface area (Å²) in [5.41, 5.74) is 1.38. The van der Waals surface area contributed by atoms with Crippen LogP contribution in [0.3, 0.4) is 0 Å². The Morgan fingerprint density at radius 1 is 1.30 bits per heavy atom. The van der Waals surface area contributed by atoms with Gasteiger partial charge in [0.1, 0.15) is 0 Å². The second kappa shape index (κ2) is 8.31. The molecule has 0 unspecified atom stereocenters. The van der Waals surface area contributed by atoms with Crippen molar-refractivity contribution in [3.63, 3.8) is 0 Å². The molecule has 20 heavy (non-hydrogen) atoms. The average molecular weight is 283 g/mol. The zero-order chi connectivity index (χ0) is 13.7. The fraction of sp³-hybridized carbons (Fsp3) is 0.562. The molecule has 1 aromatic rings. The van der Waals surface area contributed by atoms with Crippen molar-refractivity contribution in [2.24, 2.45) is 0 Å². The maximum Gasteiger partial charge on any atom is 1.00 e. The molecule has 0 bridgehead atoms. The molecule has 2 rings (SSSR count). The van der Waals surface area contributed by atoms with E-state index in [1.54, 1.807) is 0 Å². The minimum atomic E-state index is -1.33. The molecule has 4 heteroatoms. The van der Waals surface area contributed by atoms with E-state index >= 15 is 0 Å². The van der Waals surface area contributed by atoms with E-state index in [-0.39, 0.29) is 18.9 Å². The van der Waals surface area contributed by atoms with Gasteiger partial charge < -0.3 is 9.64 Å². The van der Waals surface area contributed by atoms with Crippen molar-refractivity contribution in [3.8, 4) is 0 Å². The zero-order valence-corrected chi connectivity index (χ0v) is 14.4. The molecule has 1 fully saturated rings. The minimum Gasteiger partial charge on any atom is -0.383 e. The van der Waals surface area contributed by atoms with Gasteiger partial charge in [-0.15, -0.1) is 12.1 Å². The van der Waals surface area contributed by atoms with Crippen molar-refractivity contribution in [2.45, 2.75) is 32.0 Å². The van der Waals surface area contributed by atoms with E-state index in [1.165, 1.54) is 31.1 Å². The summed E-state index contributed by atoms with van der Waals surface area (Å²) in [6.07, 6.45) is 3.86. The van der Waals surface area contributed by atoms with E-state index in [1.807, 2.05) is 7.11 Å². The molecule has 2 nitrogen and oxygen atoms in total. The fourth-order valence-corrected chi connectivity index (χ4v) is 5.70. The van der Waals surface area contributed by atoms with Gasteiger partial charge in [-0.25, -0.2) is 0 Å². The van der Waals surface area contributed by atoms with Crippen LogP contribution in [0.4, 0.5) is 0 Å². The van der Waals surface area contributed by atoms with Crippen molar-refractivity contribution in [1.29, 1.82) is 0 Å². The van der Waals surface area contributed by atoms with Gasteiger partial charge in [0.2, 0.25) is 0 Å². The average Bonchev–Trinajstić information content (AvgIpc) is 2.77. The van der Waals surface area contributed by atoms with Gasteiger partial charge in [-0.2, -0.15) is 23.7 Å². The van der Waals surface area contributed by atoms with Gasteiger partial charge >= 0.3 is 18.9 Å². The van der Waals surface area contributed by atoms with E-state index in [4.69, 9.17) is 4.74 Å². The summed E-state index contributed by atoms with van der Waals surface area (Å²) in [5, 5.41) is 0. The first kappa shape index (κ1) is 17.9. The third-order valence-electron chi connectivity index (χ3n) is 3.83. The number of nitrogens with zero attached hydrogens (tertiary/aromatic N) is 1. The summed E-state index contributed by atoms with van der Waals surface area (Å²) >= 11 is 0. The minimum absolute atomic E-state index is 0. The van der Waals surface area contributed by atoms with Gasteiger partial charge in [-0.3, -0.25) is 0 Å². The number of ether oxygens (including phenoxy) is 1. The Morgan fingerprint density at radius 3 is 2.65 bits per heavy atom. The summed E-state index contributed by atoms with van der Waals surface area (Å²) in [5.74, 6) is 0. The number of likely N-dealkylation sites (tertiary alicyclic amines) is 1. The topological polar surface area (TPSA) is 12.5 Å². The molecule has 1 aliphatic heterocycles. The zero-order valence-electron chi connectivity index (χ0n) is 13.4. The molecule has 1 heterocycles. The first-order valence-corrected chi connectivity index (χ1v) is 10.5. The third kappa shape index (κ3) is 5.31. The van der Waals surface area contributed by atoms with Gasteiger partial charge in [0.05, 0.1) is 6.61 Å². The van der Waals surface area contributed by atoms with Gasteiger partial charge in [0.25, 0.3) is 0 Å². The van der Waals surface area contributed by atoms with Crippen molar-refractivity contribution in [3.05, 3.63) is 41.9 Å². The van der Waals surface area contributed by atoms with Crippen LogP contribution in [0.1, 0.15) is 18.4 Å². The number of benzene rings is 1. The van der Waals surface area contributed by atoms with E-state index in [0.29, 0.717) is 6.04 Å². The van der Waals surface area contributed by atoms with Crippen LogP contribution in [0.25, 0.3) is 0 Å². The Morgan fingerprint density at radius 2 is 2.00 bits per heavy atom. The Labute approximate surface area is 137 Å². The van der Waals surface area contributed by atoms with Crippen molar-refractivity contribution >= 4 is 8.07 Å². The molecule has 0 aromatic heterocycles. The van der Waals surface area contributed by atoms with Crippen LogP contribution in [-0.2, 0) is 4.74 Å². The molecule has 1 saturated heterocycles. The molecular formula is C16H26LiNOSi. The van der Waals surface area contributed by atoms with Crippen molar-refractivity contribution < 1.29 is 23.6 Å². The van der Waals surface area contributed by atoms with Crippen molar-refractivity contribution in [2.75, 3.05) is 26.4 Å². The van der Waals surface area contributed by atoms with Crippen LogP contribution < -0.4 is 18.9 Å². The SMILES string of the molecule is COC[C@@H]1CCCN1C[Si](C)(C)[CH-]c1ccccc1.[Li+]. The molecule has 0 N–H and O–H groups in total. The van der Waals surface area contributed by atoms with Crippen LogP contribution in [-0.4, -0.2) is 45.4 Å². The van der Waals surface area contributed by atoms with Crippen LogP contribution in [0.15, 0.2) is 30.3 Å². The number of hydrogen-bond acceptors (Lipinski definition) is 2. The smallest absolute Gasteiger partial charge is 0.383 e. The maximum atomic E-state index is 5.35. The summed E-state index contributed by atoms with van der Waals surface area (Å²) in [7, 11) is 0.480. The van der Waals surface area contributed by atoms with Crippen LogP contribution >= 0.6 is 0 Å². The Kier molecular flexibility index (Phi) is 7.43. The van der Waals surface area contributed by atoms with E-state index < -0.39 is 8.07 Å². The number of methoxy groups -OCH3 is 1. The molecule has 0 saturated carbocycles. The summed E-state index contributed by atoms with van der Waals surface area (Å²) < 4.78 is 5.35. The number of rotatable bonds is 6. The molecule has 1 atom stereocenters. The standard InChI is InChI=1S/C16H26NOSi.Li/c1-18-12-16-10-7-11-17(16)14-19(2,3)13-15-8-5-4-6-9-15;/h4-6,8-9,13,16H,7,10-12,14H2,1-3H3;/q-1;+1/t16-;/m0./s1. The van der Waals surface area contributed by atoms with Gasteiger partial charge in [0.15, 0.2) is 0 Å². The largest absolute Gasteiger partial charge is 1.00 e. The third-order valence-corrected chi connectivity index (χ3v) is 6.16. The van der Waals surface area contributed by atoms with E-state index in [0.717, 1.165) is 6.61 Å². The molecule has 1 aromatic carbocycles. The quantitative estimate of drug-likeness (QED) is 0.544. The molecule has 106 valence electrons. The molecular weight excluding hydrogens is 257 g/mol. The van der Waals surface area contributed by atoms with Gasteiger partial charge in [-0.05, 0) is 25.6 Å². The summed E-state index contributed by atoms with van der Waals surface area (Å²) in [4.78, 5) is 2.65. The first-order valence-electron chi connectivity index (χ1n) is 7.25. The van der Waals surface area contributed by atoms with Gasteiger partial charge in [-0.1, -0.05) is 19.2 Å². The summed E-state index contributed by atoms with van der Waals surface area (Å²) in [6.45, 7) is 7.05.